The number of nitro benzene ring substituents is 1. The summed E-state index contributed by atoms with van der Waals surface area (Å²) >= 11 is 13.5. The van der Waals surface area contributed by atoms with Crippen molar-refractivity contribution >= 4 is 58.3 Å². The maximum Gasteiger partial charge on any atom is 0.270 e. The van der Waals surface area contributed by atoms with Crippen molar-refractivity contribution in [2.45, 2.75) is 5.50 Å². The molecule has 1 aromatic heterocycles. The van der Waals surface area contributed by atoms with Gasteiger partial charge in [-0.05, 0) is 36.4 Å². The number of hydrogen-bond acceptors (Lipinski definition) is 7. The minimum atomic E-state index is -0.507. The molecule has 2 N–H and O–H groups in total. The molecule has 2 heterocycles. The van der Waals surface area contributed by atoms with Crippen molar-refractivity contribution in [3.05, 3.63) is 79.4 Å². The summed E-state index contributed by atoms with van der Waals surface area (Å²) in [5, 5.41) is 17.9. The molecular formula is C21H15Cl2N3O5S. The first-order valence-electron chi connectivity index (χ1n) is 9.17. The van der Waals surface area contributed by atoms with Crippen molar-refractivity contribution in [3.8, 4) is 17.1 Å². The molecule has 1 atom stereocenters. The van der Waals surface area contributed by atoms with Gasteiger partial charge in [-0.2, -0.15) is 0 Å². The third-order valence-electron chi connectivity index (χ3n) is 4.51. The van der Waals surface area contributed by atoms with E-state index in [4.69, 9.17) is 32.4 Å². The summed E-state index contributed by atoms with van der Waals surface area (Å²) in [6, 6.07) is 12.5. The van der Waals surface area contributed by atoms with Gasteiger partial charge >= 0.3 is 0 Å². The van der Waals surface area contributed by atoms with Crippen molar-refractivity contribution < 1.29 is 18.9 Å². The van der Waals surface area contributed by atoms with Gasteiger partial charge in [0.25, 0.3) is 11.6 Å². The Hall–Kier alpha value is -3.14. The molecule has 4 rings (SSSR count). The number of methoxy groups -OCH3 is 1. The van der Waals surface area contributed by atoms with Gasteiger partial charge in [-0.1, -0.05) is 35.0 Å². The van der Waals surface area contributed by atoms with Gasteiger partial charge in [0.15, 0.2) is 5.50 Å². The lowest BCUT2D eigenvalue weighted by molar-refractivity contribution is -0.384. The number of halogens is 2. The fourth-order valence-corrected chi connectivity index (χ4v) is 4.36. The molecule has 164 valence electrons. The zero-order valence-corrected chi connectivity index (χ0v) is 18.8. The smallest absolute Gasteiger partial charge is 0.270 e. The molecule has 2 aromatic carbocycles. The summed E-state index contributed by atoms with van der Waals surface area (Å²) in [5.74, 6) is 1.07. The standard InChI is InChI=1S/C21H15Cl2N3O5S/c1-30-18-6-2-11(22)8-16(18)24-21-25-20(27)19(32-21)10-13-4-7-17(31-13)14-9-12(26(28)29)3-5-15(14)23/h2-10,21,24H,1H3,(H,25,27)/b19-10-. The number of carbonyl (C=O) groups excluding carboxylic acids is 1. The van der Waals surface area contributed by atoms with E-state index in [2.05, 4.69) is 10.6 Å². The third-order valence-corrected chi connectivity index (χ3v) is 6.10. The maximum atomic E-state index is 12.4. The zero-order chi connectivity index (χ0) is 22.8. The number of rotatable bonds is 6. The van der Waals surface area contributed by atoms with Crippen molar-refractivity contribution in [2.75, 3.05) is 12.4 Å². The first kappa shape index (κ1) is 22.1. The van der Waals surface area contributed by atoms with E-state index in [1.807, 2.05) is 0 Å². The molecule has 1 saturated heterocycles. The molecular weight excluding hydrogens is 477 g/mol. The van der Waals surface area contributed by atoms with Crippen LogP contribution in [0.3, 0.4) is 0 Å². The van der Waals surface area contributed by atoms with Crippen molar-refractivity contribution in [2.24, 2.45) is 0 Å². The van der Waals surface area contributed by atoms with E-state index in [1.54, 1.807) is 43.5 Å². The second-order valence-corrected chi connectivity index (χ2v) is 8.58. The van der Waals surface area contributed by atoms with Gasteiger partial charge in [0, 0.05) is 28.8 Å². The van der Waals surface area contributed by atoms with Gasteiger partial charge in [0.05, 0.1) is 27.6 Å². The lowest BCUT2D eigenvalue weighted by Crippen LogP contribution is -2.31. The number of carbonyl (C=O) groups is 1. The highest BCUT2D eigenvalue weighted by molar-refractivity contribution is 8.05. The Kier molecular flexibility index (Phi) is 6.31. The second kappa shape index (κ2) is 9.15. The molecule has 1 unspecified atom stereocenters. The molecule has 1 aliphatic rings. The van der Waals surface area contributed by atoms with E-state index in [1.165, 1.54) is 30.0 Å². The summed E-state index contributed by atoms with van der Waals surface area (Å²) in [6.07, 6.45) is 1.59. The molecule has 1 aliphatic heterocycles. The van der Waals surface area contributed by atoms with Crippen LogP contribution in [0.5, 0.6) is 5.75 Å². The molecule has 0 saturated carbocycles. The van der Waals surface area contributed by atoms with Crippen LogP contribution in [0.4, 0.5) is 11.4 Å². The lowest BCUT2D eigenvalue weighted by Gasteiger charge is -2.15. The number of ether oxygens (including phenoxy) is 1. The number of nitrogens with one attached hydrogen (secondary N) is 2. The maximum absolute atomic E-state index is 12.4. The number of benzene rings is 2. The first-order valence-corrected chi connectivity index (χ1v) is 10.8. The van der Waals surface area contributed by atoms with Crippen molar-refractivity contribution in [1.82, 2.24) is 5.32 Å². The Morgan fingerprint density at radius 2 is 2.03 bits per heavy atom. The minimum absolute atomic E-state index is 0.100. The van der Waals surface area contributed by atoms with E-state index in [9.17, 15) is 14.9 Å². The number of thioether (sulfide) groups is 1. The van der Waals surface area contributed by atoms with Crippen LogP contribution in [0.1, 0.15) is 5.76 Å². The molecule has 1 fully saturated rings. The highest BCUT2D eigenvalue weighted by Gasteiger charge is 2.28. The largest absolute Gasteiger partial charge is 0.495 e. The van der Waals surface area contributed by atoms with Crippen LogP contribution < -0.4 is 15.4 Å². The van der Waals surface area contributed by atoms with Gasteiger partial charge in [-0.15, -0.1) is 0 Å². The number of nitrogens with zero attached hydrogens (tertiary/aromatic N) is 1. The zero-order valence-electron chi connectivity index (χ0n) is 16.4. The normalized spacial score (nSPS) is 16.8. The van der Waals surface area contributed by atoms with Gasteiger partial charge in [0.1, 0.15) is 17.3 Å². The lowest BCUT2D eigenvalue weighted by atomic mass is 10.1. The fraction of sp³-hybridized carbons (Fsp3) is 0.0952. The highest BCUT2D eigenvalue weighted by atomic mass is 35.5. The topological polar surface area (TPSA) is 107 Å². The molecule has 1 amide bonds. The second-order valence-electron chi connectivity index (χ2n) is 6.59. The van der Waals surface area contributed by atoms with Gasteiger partial charge < -0.3 is 19.8 Å². The summed E-state index contributed by atoms with van der Waals surface area (Å²) in [6.45, 7) is 0. The van der Waals surface area contributed by atoms with E-state index < -0.39 is 10.4 Å². The molecule has 0 radical (unpaired) electrons. The van der Waals surface area contributed by atoms with Gasteiger partial charge in [0.2, 0.25) is 0 Å². The van der Waals surface area contributed by atoms with Crippen LogP contribution in [0.25, 0.3) is 17.4 Å². The SMILES string of the molecule is COc1ccc(Cl)cc1NC1NC(=O)/C(=C/c2ccc(-c3cc([N+](=O)[O-])ccc3Cl)o2)S1. The van der Waals surface area contributed by atoms with Crippen LogP contribution in [0, 0.1) is 10.1 Å². The van der Waals surface area contributed by atoms with Crippen LogP contribution in [-0.4, -0.2) is 23.4 Å². The molecule has 0 aliphatic carbocycles. The first-order chi connectivity index (χ1) is 15.3. The Morgan fingerprint density at radius 3 is 2.78 bits per heavy atom. The Balaban J connectivity index is 1.53. The molecule has 32 heavy (non-hydrogen) atoms. The monoisotopic (exact) mass is 491 g/mol. The fourth-order valence-electron chi connectivity index (χ4n) is 3.02. The molecule has 3 aromatic rings. The average Bonchev–Trinajstić information content (AvgIpc) is 3.35. The van der Waals surface area contributed by atoms with E-state index in [0.29, 0.717) is 43.5 Å². The summed E-state index contributed by atoms with van der Waals surface area (Å²) in [7, 11) is 1.54. The number of nitro groups is 1. The number of amides is 1. The Labute approximate surface area is 196 Å². The number of hydrogen-bond donors (Lipinski definition) is 2. The van der Waals surface area contributed by atoms with Crippen LogP contribution >= 0.6 is 35.0 Å². The summed E-state index contributed by atoms with van der Waals surface area (Å²) < 4.78 is 11.1. The molecule has 0 spiro atoms. The van der Waals surface area contributed by atoms with E-state index >= 15 is 0 Å². The highest BCUT2D eigenvalue weighted by Crippen LogP contribution is 2.36. The van der Waals surface area contributed by atoms with Crippen LogP contribution in [-0.2, 0) is 4.79 Å². The minimum Gasteiger partial charge on any atom is -0.495 e. The molecule has 8 nitrogen and oxygen atoms in total. The van der Waals surface area contributed by atoms with Crippen LogP contribution in [0.15, 0.2) is 57.9 Å². The van der Waals surface area contributed by atoms with Gasteiger partial charge in [-0.3, -0.25) is 14.9 Å². The summed E-state index contributed by atoms with van der Waals surface area (Å²) in [4.78, 5) is 23.4. The predicted molar refractivity (Wildman–Crippen MR) is 125 cm³/mol. The molecule has 0 bridgehead atoms. The number of furan rings is 1. The predicted octanol–water partition coefficient (Wildman–Crippen LogP) is 5.77. The average molecular weight is 492 g/mol. The van der Waals surface area contributed by atoms with Gasteiger partial charge in [-0.25, -0.2) is 0 Å². The molecule has 11 heteroatoms. The number of anilines is 1. The third kappa shape index (κ3) is 4.69. The van der Waals surface area contributed by atoms with E-state index in [0.717, 1.165) is 0 Å². The Bertz CT molecular complexity index is 1240. The summed E-state index contributed by atoms with van der Waals surface area (Å²) in [5.41, 5.74) is 0.486. The number of non-ortho nitro benzene ring substituents is 1. The quantitative estimate of drug-likeness (QED) is 0.256. The Morgan fingerprint density at radius 1 is 1.22 bits per heavy atom. The van der Waals surface area contributed by atoms with Crippen LogP contribution in [0.2, 0.25) is 10.0 Å². The van der Waals surface area contributed by atoms with E-state index in [-0.39, 0.29) is 11.6 Å². The van der Waals surface area contributed by atoms with Crippen molar-refractivity contribution in [1.29, 1.82) is 0 Å². The van der Waals surface area contributed by atoms with Crippen molar-refractivity contribution in [3.63, 3.8) is 0 Å².